The molecule has 4 aromatic rings. The van der Waals surface area contributed by atoms with Crippen molar-refractivity contribution in [3.63, 3.8) is 0 Å². The van der Waals surface area contributed by atoms with Gasteiger partial charge in [0.2, 0.25) is 0 Å². The molecule has 1 N–H and O–H groups in total. The minimum atomic E-state index is -0.464. The number of fused-ring (bicyclic) bond motifs is 1. The largest absolute Gasteiger partial charge is 0.324 e. The molecule has 5 nitrogen and oxygen atoms in total. The Morgan fingerprint density at radius 2 is 1.88 bits per heavy atom. The van der Waals surface area contributed by atoms with Gasteiger partial charge in [-0.2, -0.15) is 0 Å². The number of carbonyl (C=O) groups excluding carboxylic acids is 1. The molecule has 0 bridgehead atoms. The maximum absolute atomic E-state index is 14.0. The molecule has 0 radical (unpaired) electrons. The summed E-state index contributed by atoms with van der Waals surface area (Å²) in [4.78, 5) is 19.4. The zero-order chi connectivity index (χ0) is 22.1. The molecule has 1 atom stereocenters. The Labute approximate surface area is 184 Å². The minimum absolute atomic E-state index is 0.00679. The standard InChI is InChI=1S/C25H22F2N4O/c26-19-9-5-7-17(15-19)23-22-12-3-4-14-31(22)24(29-23)18-8-6-13-30(16-18)25(32)28-21-11-2-1-10-20(21)27/h1-5,7,9-12,14-15,18H,6,8,13,16H2,(H,28,32). The fourth-order valence-electron chi connectivity index (χ4n) is 4.33. The Balaban J connectivity index is 1.44. The van der Waals surface area contributed by atoms with Crippen molar-refractivity contribution >= 4 is 17.2 Å². The number of anilines is 1. The summed E-state index contributed by atoms with van der Waals surface area (Å²) in [5.74, 6) is 0.0683. The second-order valence-electron chi connectivity index (χ2n) is 7.98. The molecule has 7 heteroatoms. The quantitative estimate of drug-likeness (QED) is 0.452. The van der Waals surface area contributed by atoms with Crippen LogP contribution in [0.5, 0.6) is 0 Å². The Morgan fingerprint density at radius 3 is 2.72 bits per heavy atom. The van der Waals surface area contributed by atoms with Crippen molar-refractivity contribution in [2.75, 3.05) is 18.4 Å². The summed E-state index contributed by atoms with van der Waals surface area (Å²) in [6.07, 6.45) is 3.63. The van der Waals surface area contributed by atoms with Gasteiger partial charge in [0.1, 0.15) is 17.5 Å². The smallest absolute Gasteiger partial charge is 0.321 e. The third-order valence-electron chi connectivity index (χ3n) is 5.86. The third kappa shape index (κ3) is 3.82. The van der Waals surface area contributed by atoms with Gasteiger partial charge < -0.3 is 14.6 Å². The number of halogens is 2. The van der Waals surface area contributed by atoms with E-state index in [0.29, 0.717) is 24.3 Å². The van der Waals surface area contributed by atoms with Crippen molar-refractivity contribution in [2.45, 2.75) is 18.8 Å². The van der Waals surface area contributed by atoms with Gasteiger partial charge in [-0.25, -0.2) is 18.6 Å². The van der Waals surface area contributed by atoms with Crippen LogP contribution < -0.4 is 5.32 Å². The predicted octanol–water partition coefficient (Wildman–Crippen LogP) is 5.69. The van der Waals surface area contributed by atoms with E-state index in [1.807, 2.05) is 34.9 Å². The van der Waals surface area contributed by atoms with E-state index in [2.05, 4.69) is 5.32 Å². The zero-order valence-corrected chi connectivity index (χ0v) is 17.3. The number of piperidine rings is 1. The number of imidazole rings is 1. The van der Waals surface area contributed by atoms with Crippen LogP contribution in [0.4, 0.5) is 19.3 Å². The first kappa shape index (κ1) is 20.2. The maximum atomic E-state index is 14.0. The number of nitrogens with zero attached hydrogens (tertiary/aromatic N) is 3. The van der Waals surface area contributed by atoms with Gasteiger partial charge in [-0.3, -0.25) is 0 Å². The van der Waals surface area contributed by atoms with Crippen molar-refractivity contribution in [1.29, 1.82) is 0 Å². The number of carbonyl (C=O) groups is 1. The lowest BCUT2D eigenvalue weighted by atomic mass is 9.97. The molecule has 162 valence electrons. The zero-order valence-electron chi connectivity index (χ0n) is 17.3. The van der Waals surface area contributed by atoms with Crippen LogP contribution in [0.1, 0.15) is 24.6 Å². The number of hydrogen-bond acceptors (Lipinski definition) is 2. The van der Waals surface area contributed by atoms with Gasteiger partial charge in [-0.05, 0) is 49.2 Å². The monoisotopic (exact) mass is 432 g/mol. The van der Waals surface area contributed by atoms with Gasteiger partial charge in [0.05, 0.1) is 16.9 Å². The molecule has 0 saturated carbocycles. The number of amides is 2. The molecule has 3 heterocycles. The second-order valence-corrected chi connectivity index (χ2v) is 7.98. The Morgan fingerprint density at radius 1 is 1.03 bits per heavy atom. The summed E-state index contributed by atoms with van der Waals surface area (Å²) < 4.78 is 29.8. The number of likely N-dealkylation sites (tertiary alicyclic amines) is 1. The van der Waals surface area contributed by atoms with Gasteiger partial charge >= 0.3 is 6.03 Å². The lowest BCUT2D eigenvalue weighted by molar-refractivity contribution is 0.191. The van der Waals surface area contributed by atoms with Crippen molar-refractivity contribution in [3.8, 4) is 11.3 Å². The van der Waals surface area contributed by atoms with Crippen molar-refractivity contribution < 1.29 is 13.6 Å². The molecule has 1 aliphatic heterocycles. The maximum Gasteiger partial charge on any atom is 0.321 e. The predicted molar refractivity (Wildman–Crippen MR) is 120 cm³/mol. The lowest BCUT2D eigenvalue weighted by Crippen LogP contribution is -2.42. The van der Waals surface area contributed by atoms with Gasteiger partial charge in [-0.1, -0.05) is 30.3 Å². The van der Waals surface area contributed by atoms with E-state index in [0.717, 1.165) is 24.2 Å². The fraction of sp³-hybridized carbons (Fsp3) is 0.200. The molecule has 2 amide bonds. The van der Waals surface area contributed by atoms with E-state index in [-0.39, 0.29) is 23.5 Å². The average molecular weight is 432 g/mol. The lowest BCUT2D eigenvalue weighted by Gasteiger charge is -2.32. The molecule has 5 rings (SSSR count). The highest BCUT2D eigenvalue weighted by Crippen LogP contribution is 2.32. The van der Waals surface area contributed by atoms with Gasteiger partial charge in [0.25, 0.3) is 0 Å². The van der Waals surface area contributed by atoms with E-state index in [1.54, 1.807) is 29.2 Å². The van der Waals surface area contributed by atoms with Crippen LogP contribution in [0.2, 0.25) is 0 Å². The number of pyridine rings is 1. The molecule has 2 aromatic heterocycles. The average Bonchev–Trinajstić information content (AvgIpc) is 3.20. The summed E-state index contributed by atoms with van der Waals surface area (Å²) in [6.45, 7) is 1.06. The summed E-state index contributed by atoms with van der Waals surface area (Å²) >= 11 is 0. The summed E-state index contributed by atoms with van der Waals surface area (Å²) in [7, 11) is 0. The molecule has 0 spiro atoms. The van der Waals surface area contributed by atoms with Crippen LogP contribution in [0.3, 0.4) is 0 Å². The van der Waals surface area contributed by atoms with Crippen molar-refractivity contribution in [2.24, 2.45) is 0 Å². The first-order valence-electron chi connectivity index (χ1n) is 10.6. The molecule has 0 aliphatic carbocycles. The Kier molecular flexibility index (Phi) is 5.31. The molecule has 32 heavy (non-hydrogen) atoms. The van der Waals surface area contributed by atoms with E-state index in [1.165, 1.54) is 18.2 Å². The number of nitrogens with one attached hydrogen (secondary N) is 1. The minimum Gasteiger partial charge on any atom is -0.324 e. The molecule has 1 unspecified atom stereocenters. The number of para-hydroxylation sites is 1. The van der Waals surface area contributed by atoms with Crippen LogP contribution in [0, 0.1) is 11.6 Å². The normalized spacial score (nSPS) is 16.3. The van der Waals surface area contributed by atoms with Crippen LogP contribution in [0.15, 0.2) is 72.9 Å². The second kappa shape index (κ2) is 8.42. The SMILES string of the molecule is O=C(Nc1ccccc1F)N1CCCC(c2nc(-c3cccc(F)c3)c3ccccn23)C1. The van der Waals surface area contributed by atoms with E-state index in [9.17, 15) is 13.6 Å². The van der Waals surface area contributed by atoms with E-state index >= 15 is 0 Å². The highest BCUT2D eigenvalue weighted by atomic mass is 19.1. The van der Waals surface area contributed by atoms with Gasteiger partial charge in [0.15, 0.2) is 0 Å². The highest BCUT2D eigenvalue weighted by Gasteiger charge is 2.29. The van der Waals surface area contributed by atoms with Crippen LogP contribution in [-0.2, 0) is 0 Å². The van der Waals surface area contributed by atoms with Crippen LogP contribution >= 0.6 is 0 Å². The molecule has 1 aliphatic rings. The number of aromatic nitrogens is 2. The molecule has 1 fully saturated rings. The first-order valence-corrected chi connectivity index (χ1v) is 10.6. The molecular weight excluding hydrogens is 410 g/mol. The van der Waals surface area contributed by atoms with Gasteiger partial charge in [-0.15, -0.1) is 0 Å². The van der Waals surface area contributed by atoms with Gasteiger partial charge in [0, 0.05) is 30.8 Å². The number of hydrogen-bond donors (Lipinski definition) is 1. The first-order chi connectivity index (χ1) is 15.6. The number of rotatable bonds is 3. The Bertz CT molecular complexity index is 1290. The van der Waals surface area contributed by atoms with Crippen molar-refractivity contribution in [1.82, 2.24) is 14.3 Å². The van der Waals surface area contributed by atoms with E-state index < -0.39 is 5.82 Å². The highest BCUT2D eigenvalue weighted by molar-refractivity contribution is 5.89. The Hall–Kier alpha value is -3.74. The molecular formula is C25H22F2N4O. The molecule has 1 saturated heterocycles. The third-order valence-corrected chi connectivity index (χ3v) is 5.86. The number of urea groups is 1. The topological polar surface area (TPSA) is 49.6 Å². The summed E-state index contributed by atoms with van der Waals surface area (Å²) in [5.41, 5.74) is 2.48. The molecule has 2 aromatic carbocycles. The van der Waals surface area contributed by atoms with Crippen molar-refractivity contribution in [3.05, 3.63) is 90.4 Å². The summed E-state index contributed by atoms with van der Waals surface area (Å²) in [5, 5.41) is 2.67. The number of benzene rings is 2. The van der Waals surface area contributed by atoms with Crippen LogP contribution in [0.25, 0.3) is 16.8 Å². The van der Waals surface area contributed by atoms with Crippen LogP contribution in [-0.4, -0.2) is 33.4 Å². The van der Waals surface area contributed by atoms with E-state index in [4.69, 9.17) is 4.98 Å². The summed E-state index contributed by atoms with van der Waals surface area (Å²) in [6, 6.07) is 18.0. The fourth-order valence-corrected chi connectivity index (χ4v) is 4.33.